The highest BCUT2D eigenvalue weighted by molar-refractivity contribution is 7.98. The minimum Gasteiger partial charge on any atom is -0.496 e. The number of hydrogen-bond acceptors (Lipinski definition) is 3. The van der Waals surface area contributed by atoms with E-state index >= 15 is 0 Å². The number of carbonyl (C=O) groups is 1. The lowest BCUT2D eigenvalue weighted by Gasteiger charge is -2.16. The molecule has 0 saturated carbocycles. The van der Waals surface area contributed by atoms with Gasteiger partial charge in [0.05, 0.1) is 18.7 Å². The molecule has 0 heterocycles. The van der Waals surface area contributed by atoms with Crippen LogP contribution in [-0.2, 0) is 0 Å². The van der Waals surface area contributed by atoms with Crippen molar-refractivity contribution in [3.8, 4) is 5.75 Å². The van der Waals surface area contributed by atoms with Gasteiger partial charge < -0.3 is 10.1 Å². The lowest BCUT2D eigenvalue weighted by Crippen LogP contribution is -2.27. The Morgan fingerprint density at radius 3 is 2.50 bits per heavy atom. The van der Waals surface area contributed by atoms with E-state index in [9.17, 15) is 4.79 Å². The summed E-state index contributed by atoms with van der Waals surface area (Å²) in [4.78, 5) is 13.6. The van der Waals surface area contributed by atoms with E-state index in [4.69, 9.17) is 16.3 Å². The van der Waals surface area contributed by atoms with E-state index in [0.717, 1.165) is 5.56 Å². The van der Waals surface area contributed by atoms with Crippen molar-refractivity contribution in [1.82, 2.24) is 5.32 Å². The molecule has 116 valence electrons. The minimum absolute atomic E-state index is 0.105. The van der Waals surface area contributed by atoms with Crippen molar-refractivity contribution in [2.45, 2.75) is 17.9 Å². The second kappa shape index (κ2) is 7.56. The first-order valence-electron chi connectivity index (χ1n) is 6.83. The molecule has 0 aliphatic carbocycles. The molecule has 0 aromatic heterocycles. The molecule has 0 bridgehead atoms. The second-order valence-electron chi connectivity index (χ2n) is 4.81. The monoisotopic (exact) mass is 335 g/mol. The highest BCUT2D eigenvalue weighted by atomic mass is 35.5. The predicted octanol–water partition coefficient (Wildman–Crippen LogP) is 4.56. The molecule has 0 fully saturated rings. The van der Waals surface area contributed by atoms with Crippen molar-refractivity contribution in [1.29, 1.82) is 0 Å². The Kier molecular flexibility index (Phi) is 5.75. The van der Waals surface area contributed by atoms with E-state index in [0.29, 0.717) is 16.3 Å². The fourth-order valence-corrected chi connectivity index (χ4v) is 2.69. The van der Waals surface area contributed by atoms with Crippen LogP contribution < -0.4 is 10.1 Å². The standard InChI is InChI=1S/C17H18ClNO2S/c1-11(12-4-7-14(22-3)8-5-12)19-17(20)15-10-13(18)6-9-16(15)21-2/h4-11H,1-3H3,(H,19,20)/t11-/m0/s1. The number of amides is 1. The number of carbonyl (C=O) groups excluding carboxylic acids is 1. The van der Waals surface area contributed by atoms with Crippen LogP contribution in [0.1, 0.15) is 28.9 Å². The molecular formula is C17H18ClNO2S. The van der Waals surface area contributed by atoms with Crippen LogP contribution in [0.25, 0.3) is 0 Å². The van der Waals surface area contributed by atoms with E-state index in [1.54, 1.807) is 30.0 Å². The number of thioether (sulfide) groups is 1. The van der Waals surface area contributed by atoms with Crippen LogP contribution in [0.3, 0.4) is 0 Å². The molecule has 2 aromatic rings. The first-order valence-corrected chi connectivity index (χ1v) is 8.43. The maximum absolute atomic E-state index is 12.4. The largest absolute Gasteiger partial charge is 0.496 e. The third-order valence-corrected chi connectivity index (χ3v) is 4.35. The molecule has 2 aromatic carbocycles. The first-order chi connectivity index (χ1) is 10.5. The molecule has 2 rings (SSSR count). The van der Waals surface area contributed by atoms with E-state index in [-0.39, 0.29) is 11.9 Å². The highest BCUT2D eigenvalue weighted by Crippen LogP contribution is 2.24. The number of benzene rings is 2. The molecule has 0 radical (unpaired) electrons. The predicted molar refractivity (Wildman–Crippen MR) is 92.1 cm³/mol. The Labute approximate surface area is 140 Å². The molecule has 0 spiro atoms. The van der Waals surface area contributed by atoms with E-state index < -0.39 is 0 Å². The Bertz CT molecular complexity index is 658. The van der Waals surface area contributed by atoms with Crippen LogP contribution in [0.4, 0.5) is 0 Å². The molecule has 5 heteroatoms. The van der Waals surface area contributed by atoms with Crippen molar-refractivity contribution in [3.63, 3.8) is 0 Å². The molecule has 1 N–H and O–H groups in total. The molecule has 22 heavy (non-hydrogen) atoms. The number of nitrogens with one attached hydrogen (secondary N) is 1. The van der Waals surface area contributed by atoms with Gasteiger partial charge in [0, 0.05) is 9.92 Å². The molecule has 0 aliphatic heterocycles. The molecule has 0 saturated heterocycles. The molecule has 0 unspecified atom stereocenters. The number of ether oxygens (including phenoxy) is 1. The van der Waals surface area contributed by atoms with Gasteiger partial charge in [0.25, 0.3) is 5.91 Å². The number of hydrogen-bond donors (Lipinski definition) is 1. The van der Waals surface area contributed by atoms with Crippen LogP contribution in [0.15, 0.2) is 47.4 Å². The number of halogens is 1. The summed E-state index contributed by atoms with van der Waals surface area (Å²) in [5, 5.41) is 3.47. The zero-order valence-corrected chi connectivity index (χ0v) is 14.3. The minimum atomic E-state index is -0.208. The van der Waals surface area contributed by atoms with Crippen molar-refractivity contribution in [2.75, 3.05) is 13.4 Å². The maximum Gasteiger partial charge on any atom is 0.255 e. The van der Waals surface area contributed by atoms with Crippen LogP contribution in [0.2, 0.25) is 5.02 Å². The summed E-state index contributed by atoms with van der Waals surface area (Å²) in [7, 11) is 1.53. The van der Waals surface area contributed by atoms with Gasteiger partial charge in [0.1, 0.15) is 5.75 Å². The lowest BCUT2D eigenvalue weighted by molar-refractivity contribution is 0.0937. The van der Waals surface area contributed by atoms with Gasteiger partial charge in [-0.2, -0.15) is 0 Å². The first kappa shape index (κ1) is 16.7. The average Bonchev–Trinajstić information content (AvgIpc) is 2.54. The van der Waals surface area contributed by atoms with Gasteiger partial charge in [0.2, 0.25) is 0 Å². The van der Waals surface area contributed by atoms with E-state index in [1.807, 2.05) is 37.4 Å². The highest BCUT2D eigenvalue weighted by Gasteiger charge is 2.16. The van der Waals surface area contributed by atoms with Gasteiger partial charge in [-0.1, -0.05) is 23.7 Å². The molecule has 3 nitrogen and oxygen atoms in total. The summed E-state index contributed by atoms with van der Waals surface area (Å²) in [5.41, 5.74) is 1.48. The van der Waals surface area contributed by atoms with Crippen LogP contribution in [0.5, 0.6) is 5.75 Å². The lowest BCUT2D eigenvalue weighted by atomic mass is 10.1. The Morgan fingerprint density at radius 1 is 1.23 bits per heavy atom. The molecular weight excluding hydrogens is 318 g/mol. The Balaban J connectivity index is 2.15. The molecule has 0 aliphatic rings. The summed E-state index contributed by atoms with van der Waals surface area (Å²) in [6, 6.07) is 13.0. The third kappa shape index (κ3) is 3.96. The third-order valence-electron chi connectivity index (χ3n) is 3.37. The van der Waals surface area contributed by atoms with Crippen molar-refractivity contribution >= 4 is 29.3 Å². The van der Waals surface area contributed by atoms with Gasteiger partial charge in [-0.15, -0.1) is 11.8 Å². The fourth-order valence-electron chi connectivity index (χ4n) is 2.11. The summed E-state index contributed by atoms with van der Waals surface area (Å²) >= 11 is 7.65. The van der Waals surface area contributed by atoms with Crippen LogP contribution in [-0.4, -0.2) is 19.3 Å². The van der Waals surface area contributed by atoms with Gasteiger partial charge in [0.15, 0.2) is 0 Å². The topological polar surface area (TPSA) is 38.3 Å². The van der Waals surface area contributed by atoms with E-state index in [1.165, 1.54) is 12.0 Å². The normalized spacial score (nSPS) is 11.8. The summed E-state index contributed by atoms with van der Waals surface area (Å²) in [6.45, 7) is 1.95. The molecule has 1 amide bonds. The van der Waals surface area contributed by atoms with Crippen molar-refractivity contribution < 1.29 is 9.53 Å². The second-order valence-corrected chi connectivity index (χ2v) is 6.13. The summed E-state index contributed by atoms with van der Waals surface area (Å²) in [5.74, 6) is 0.299. The Hall–Kier alpha value is -1.65. The maximum atomic E-state index is 12.4. The fraction of sp³-hybridized carbons (Fsp3) is 0.235. The van der Waals surface area contributed by atoms with Crippen molar-refractivity contribution in [2.24, 2.45) is 0 Å². The van der Waals surface area contributed by atoms with E-state index in [2.05, 4.69) is 5.32 Å². The van der Waals surface area contributed by atoms with Gasteiger partial charge in [-0.05, 0) is 49.1 Å². The van der Waals surface area contributed by atoms with Gasteiger partial charge >= 0.3 is 0 Å². The van der Waals surface area contributed by atoms with Crippen LogP contribution >= 0.6 is 23.4 Å². The summed E-state index contributed by atoms with van der Waals surface area (Å²) < 4.78 is 5.22. The SMILES string of the molecule is COc1ccc(Cl)cc1C(=O)N[C@@H](C)c1ccc(SC)cc1. The van der Waals surface area contributed by atoms with Crippen LogP contribution in [0, 0.1) is 0 Å². The Morgan fingerprint density at radius 2 is 1.91 bits per heavy atom. The number of rotatable bonds is 5. The van der Waals surface area contributed by atoms with Crippen molar-refractivity contribution in [3.05, 3.63) is 58.6 Å². The number of methoxy groups -OCH3 is 1. The smallest absolute Gasteiger partial charge is 0.255 e. The van der Waals surface area contributed by atoms with Gasteiger partial charge in [-0.3, -0.25) is 4.79 Å². The quantitative estimate of drug-likeness (QED) is 0.814. The average molecular weight is 336 g/mol. The zero-order valence-electron chi connectivity index (χ0n) is 12.7. The summed E-state index contributed by atoms with van der Waals surface area (Å²) in [6.07, 6.45) is 2.03. The van der Waals surface area contributed by atoms with Gasteiger partial charge in [-0.25, -0.2) is 0 Å². The zero-order chi connectivity index (χ0) is 16.1. The molecule has 1 atom stereocenters.